The maximum absolute atomic E-state index is 14.3. The fourth-order valence-corrected chi connectivity index (χ4v) is 2.75. The Morgan fingerprint density at radius 1 is 1.07 bits per heavy atom. The normalized spacial score (nSPS) is 11.1. The van der Waals surface area contributed by atoms with Crippen molar-refractivity contribution in [3.05, 3.63) is 83.9 Å². The third-order valence-corrected chi connectivity index (χ3v) is 4.18. The van der Waals surface area contributed by atoms with Gasteiger partial charge in [-0.15, -0.1) is 24.0 Å². The van der Waals surface area contributed by atoms with E-state index in [1.807, 2.05) is 13.0 Å². The molecule has 154 valence electrons. The van der Waals surface area contributed by atoms with Crippen LogP contribution in [0.4, 0.5) is 8.78 Å². The first kappa shape index (κ1) is 22.8. The van der Waals surface area contributed by atoms with E-state index in [2.05, 4.69) is 20.6 Å². The molecule has 0 amide bonds. The van der Waals surface area contributed by atoms with Crippen molar-refractivity contribution in [2.24, 2.45) is 4.99 Å². The minimum absolute atomic E-state index is 0. The van der Waals surface area contributed by atoms with Crippen LogP contribution in [-0.2, 0) is 13.0 Å². The van der Waals surface area contributed by atoms with Gasteiger partial charge in [0.15, 0.2) is 5.96 Å². The van der Waals surface area contributed by atoms with Crippen molar-refractivity contribution in [3.63, 3.8) is 0 Å². The topological polar surface area (TPSA) is 54.2 Å². The number of aromatic nitrogens is 2. The number of imidazole rings is 1. The number of hydrogen-bond donors (Lipinski definition) is 2. The van der Waals surface area contributed by atoms with E-state index < -0.39 is 0 Å². The monoisotopic (exact) mass is 511 g/mol. The van der Waals surface area contributed by atoms with Crippen molar-refractivity contribution in [2.75, 3.05) is 13.1 Å². The number of nitrogens with one attached hydrogen (secondary N) is 2. The Balaban J connectivity index is 0.00000300. The Kier molecular flexibility index (Phi) is 9.04. The third kappa shape index (κ3) is 6.81. The van der Waals surface area contributed by atoms with Crippen LogP contribution < -0.4 is 10.6 Å². The Labute approximate surface area is 186 Å². The molecule has 3 aromatic rings. The molecule has 2 aromatic carbocycles. The van der Waals surface area contributed by atoms with Crippen LogP contribution in [0.25, 0.3) is 5.69 Å². The second-order valence-electron chi connectivity index (χ2n) is 6.25. The van der Waals surface area contributed by atoms with E-state index in [4.69, 9.17) is 0 Å². The average molecular weight is 511 g/mol. The van der Waals surface area contributed by atoms with Gasteiger partial charge in [0.05, 0.1) is 18.6 Å². The van der Waals surface area contributed by atoms with Crippen molar-refractivity contribution in [3.8, 4) is 5.69 Å². The minimum Gasteiger partial charge on any atom is -0.357 e. The van der Waals surface area contributed by atoms with E-state index in [1.165, 1.54) is 18.2 Å². The molecule has 0 unspecified atom stereocenters. The molecule has 0 atom stereocenters. The summed E-state index contributed by atoms with van der Waals surface area (Å²) in [4.78, 5) is 8.45. The van der Waals surface area contributed by atoms with Gasteiger partial charge in [0.1, 0.15) is 11.6 Å². The molecule has 8 heteroatoms. The molecule has 0 saturated heterocycles. The first-order valence-corrected chi connectivity index (χ1v) is 9.19. The van der Waals surface area contributed by atoms with Crippen molar-refractivity contribution >= 4 is 29.9 Å². The predicted octanol–water partition coefficient (Wildman–Crippen LogP) is 4.07. The highest BCUT2D eigenvalue weighted by atomic mass is 127. The van der Waals surface area contributed by atoms with Gasteiger partial charge in [-0.3, -0.25) is 0 Å². The van der Waals surface area contributed by atoms with Crippen molar-refractivity contribution in [1.29, 1.82) is 0 Å². The fourth-order valence-electron chi connectivity index (χ4n) is 2.75. The summed E-state index contributed by atoms with van der Waals surface area (Å²) in [6.07, 6.45) is 5.62. The van der Waals surface area contributed by atoms with E-state index in [-0.39, 0.29) is 35.6 Å². The highest BCUT2D eigenvalue weighted by molar-refractivity contribution is 14.0. The molecule has 5 nitrogen and oxygen atoms in total. The van der Waals surface area contributed by atoms with Gasteiger partial charge >= 0.3 is 0 Å². The molecule has 3 rings (SSSR count). The van der Waals surface area contributed by atoms with Crippen LogP contribution in [0.1, 0.15) is 18.1 Å². The predicted molar refractivity (Wildman–Crippen MR) is 122 cm³/mol. The summed E-state index contributed by atoms with van der Waals surface area (Å²) in [5, 5.41) is 6.41. The number of guanidine groups is 1. The molecule has 1 aromatic heterocycles. The van der Waals surface area contributed by atoms with Crippen LogP contribution in [-0.4, -0.2) is 28.6 Å². The van der Waals surface area contributed by atoms with Gasteiger partial charge in [-0.1, -0.05) is 18.2 Å². The molecule has 0 radical (unpaired) electrons. The summed E-state index contributed by atoms with van der Waals surface area (Å²) in [5.41, 5.74) is 2.27. The molecular weight excluding hydrogens is 487 g/mol. The van der Waals surface area contributed by atoms with E-state index >= 15 is 0 Å². The van der Waals surface area contributed by atoms with Crippen molar-refractivity contribution in [2.45, 2.75) is 19.9 Å². The Morgan fingerprint density at radius 3 is 2.48 bits per heavy atom. The highest BCUT2D eigenvalue weighted by Crippen LogP contribution is 2.15. The van der Waals surface area contributed by atoms with E-state index in [9.17, 15) is 8.78 Å². The summed E-state index contributed by atoms with van der Waals surface area (Å²) in [5.74, 6) is 0.0987. The molecule has 0 spiro atoms. The summed E-state index contributed by atoms with van der Waals surface area (Å²) in [6.45, 7) is 3.71. The molecular formula is C21H24F2IN5. The molecule has 0 aliphatic rings. The SMILES string of the molecule is CCNC(=NCc1ccc(-n2ccnc2)c(F)c1)NCCc1ccc(F)cc1.I. The van der Waals surface area contributed by atoms with Crippen LogP contribution in [0.2, 0.25) is 0 Å². The summed E-state index contributed by atoms with van der Waals surface area (Å²) >= 11 is 0. The number of aliphatic imine (C=N–C) groups is 1. The van der Waals surface area contributed by atoms with Crippen LogP contribution in [0.5, 0.6) is 0 Å². The Morgan fingerprint density at radius 2 is 1.83 bits per heavy atom. The zero-order valence-corrected chi connectivity index (χ0v) is 18.4. The van der Waals surface area contributed by atoms with Gasteiger partial charge in [-0.25, -0.2) is 18.8 Å². The smallest absolute Gasteiger partial charge is 0.191 e. The molecule has 2 N–H and O–H groups in total. The zero-order valence-electron chi connectivity index (χ0n) is 16.1. The van der Waals surface area contributed by atoms with Gasteiger partial charge in [0.25, 0.3) is 0 Å². The Bertz CT molecular complexity index is 911. The third-order valence-electron chi connectivity index (χ3n) is 4.18. The van der Waals surface area contributed by atoms with Crippen molar-refractivity contribution in [1.82, 2.24) is 20.2 Å². The van der Waals surface area contributed by atoms with Gasteiger partial charge in [0, 0.05) is 25.5 Å². The molecule has 1 heterocycles. The summed E-state index contributed by atoms with van der Waals surface area (Å²) in [6, 6.07) is 11.5. The first-order chi connectivity index (χ1) is 13.7. The highest BCUT2D eigenvalue weighted by Gasteiger charge is 2.06. The molecule has 29 heavy (non-hydrogen) atoms. The number of halogens is 3. The maximum Gasteiger partial charge on any atom is 0.191 e. The largest absolute Gasteiger partial charge is 0.357 e. The van der Waals surface area contributed by atoms with Gasteiger partial charge < -0.3 is 15.2 Å². The summed E-state index contributed by atoms with van der Waals surface area (Å²) in [7, 11) is 0. The molecule has 0 saturated carbocycles. The number of benzene rings is 2. The maximum atomic E-state index is 14.3. The van der Waals surface area contributed by atoms with E-state index in [0.717, 1.165) is 24.1 Å². The lowest BCUT2D eigenvalue weighted by Crippen LogP contribution is -2.38. The lowest BCUT2D eigenvalue weighted by atomic mass is 10.1. The zero-order chi connectivity index (χ0) is 19.8. The van der Waals surface area contributed by atoms with Crippen LogP contribution in [0.3, 0.4) is 0 Å². The van der Waals surface area contributed by atoms with Gasteiger partial charge in [-0.2, -0.15) is 0 Å². The Hall–Kier alpha value is -2.49. The second kappa shape index (κ2) is 11.5. The number of hydrogen-bond acceptors (Lipinski definition) is 2. The fraction of sp³-hybridized carbons (Fsp3) is 0.238. The summed E-state index contributed by atoms with van der Waals surface area (Å²) < 4.78 is 28.9. The number of nitrogens with zero attached hydrogens (tertiary/aromatic N) is 3. The quantitative estimate of drug-likeness (QED) is 0.286. The lowest BCUT2D eigenvalue weighted by Gasteiger charge is -2.12. The average Bonchev–Trinajstić information content (AvgIpc) is 3.22. The number of rotatable bonds is 7. The van der Waals surface area contributed by atoms with Crippen molar-refractivity contribution < 1.29 is 8.78 Å². The van der Waals surface area contributed by atoms with Crippen LogP contribution in [0.15, 0.2) is 66.2 Å². The van der Waals surface area contributed by atoms with E-state index in [1.54, 1.807) is 41.5 Å². The molecule has 0 bridgehead atoms. The van der Waals surface area contributed by atoms with E-state index in [0.29, 0.717) is 24.7 Å². The second-order valence-corrected chi connectivity index (χ2v) is 6.25. The minimum atomic E-state index is -0.319. The van der Waals surface area contributed by atoms with Crippen LogP contribution >= 0.6 is 24.0 Å². The molecule has 0 aliphatic carbocycles. The van der Waals surface area contributed by atoms with Gasteiger partial charge in [0.2, 0.25) is 0 Å². The first-order valence-electron chi connectivity index (χ1n) is 9.19. The lowest BCUT2D eigenvalue weighted by molar-refractivity contribution is 0.615. The molecule has 0 aliphatic heterocycles. The van der Waals surface area contributed by atoms with Gasteiger partial charge in [-0.05, 0) is 48.7 Å². The standard InChI is InChI=1S/C21H23F2N5.HI/c1-2-25-21(26-10-9-16-3-6-18(22)7-4-16)27-14-17-5-8-20(19(23)13-17)28-12-11-24-15-28;/h3-8,11-13,15H,2,9-10,14H2,1H3,(H2,25,26,27);1H. The molecule has 0 fully saturated rings. The van der Waals surface area contributed by atoms with Crippen LogP contribution in [0, 0.1) is 11.6 Å².